The van der Waals surface area contributed by atoms with Crippen molar-refractivity contribution in [2.75, 3.05) is 5.32 Å². The maximum Gasteiger partial charge on any atom is 0.417 e. The molecule has 0 aromatic heterocycles. The van der Waals surface area contributed by atoms with Crippen molar-refractivity contribution < 1.29 is 18.3 Å². The van der Waals surface area contributed by atoms with Gasteiger partial charge in [-0.2, -0.15) is 0 Å². The number of amides is 1. The monoisotopic (exact) mass is 327 g/mol. The zero-order chi connectivity index (χ0) is 13.8. The first-order valence-corrected chi connectivity index (χ1v) is 6.04. The van der Waals surface area contributed by atoms with Gasteiger partial charge in [0.15, 0.2) is 11.6 Å². The molecule has 0 spiro atoms. The van der Waals surface area contributed by atoms with Gasteiger partial charge in [-0.05, 0) is 24.3 Å². The van der Waals surface area contributed by atoms with Gasteiger partial charge in [0.1, 0.15) is 11.4 Å². The minimum Gasteiger partial charge on any atom is -0.410 e. The van der Waals surface area contributed by atoms with Crippen LogP contribution in [0.2, 0.25) is 0 Å². The number of carbonyl (C=O) groups excluding carboxylic acids is 1. The van der Waals surface area contributed by atoms with Crippen LogP contribution in [-0.4, -0.2) is 6.09 Å². The molecule has 3 nitrogen and oxygen atoms in total. The first-order valence-electron chi connectivity index (χ1n) is 5.24. The van der Waals surface area contributed by atoms with Gasteiger partial charge in [0.25, 0.3) is 0 Å². The molecule has 2 rings (SSSR count). The van der Waals surface area contributed by atoms with Gasteiger partial charge in [-0.25, -0.2) is 13.6 Å². The van der Waals surface area contributed by atoms with E-state index in [4.69, 9.17) is 4.74 Å². The Hall–Kier alpha value is -1.95. The second kappa shape index (κ2) is 5.79. The highest BCUT2D eigenvalue weighted by Crippen LogP contribution is 2.24. The lowest BCUT2D eigenvalue weighted by molar-refractivity contribution is 0.215. The van der Waals surface area contributed by atoms with E-state index in [0.717, 1.165) is 12.1 Å². The highest BCUT2D eigenvalue weighted by Gasteiger charge is 2.14. The Bertz CT molecular complexity index is 582. The van der Waals surface area contributed by atoms with Crippen LogP contribution in [0.5, 0.6) is 5.75 Å². The summed E-state index contributed by atoms with van der Waals surface area (Å²) in [5.74, 6) is -1.51. The van der Waals surface area contributed by atoms with Crippen molar-refractivity contribution in [2.45, 2.75) is 0 Å². The first kappa shape index (κ1) is 13.5. The normalized spacial score (nSPS) is 10.1. The van der Waals surface area contributed by atoms with Crippen LogP contribution in [0.3, 0.4) is 0 Å². The molecule has 0 radical (unpaired) electrons. The first-order chi connectivity index (χ1) is 9.06. The number of benzene rings is 2. The number of hydrogen-bond acceptors (Lipinski definition) is 2. The van der Waals surface area contributed by atoms with Gasteiger partial charge in [-0.15, -0.1) is 0 Å². The zero-order valence-electron chi connectivity index (χ0n) is 9.49. The molecule has 0 heterocycles. The molecule has 0 aliphatic carbocycles. The highest BCUT2D eigenvalue weighted by molar-refractivity contribution is 9.10. The number of hydrogen-bond donors (Lipinski definition) is 1. The summed E-state index contributed by atoms with van der Waals surface area (Å²) in [6.07, 6.45) is -0.966. The minimum atomic E-state index is -0.966. The van der Waals surface area contributed by atoms with Crippen molar-refractivity contribution in [1.29, 1.82) is 0 Å². The van der Waals surface area contributed by atoms with Gasteiger partial charge in [-0.1, -0.05) is 34.1 Å². The van der Waals surface area contributed by atoms with Crippen LogP contribution in [0.15, 0.2) is 46.9 Å². The van der Waals surface area contributed by atoms with Crippen LogP contribution in [-0.2, 0) is 0 Å². The van der Waals surface area contributed by atoms with E-state index in [1.165, 1.54) is 0 Å². The molecule has 0 atom stereocenters. The molecule has 2 aromatic carbocycles. The summed E-state index contributed by atoms with van der Waals surface area (Å²) < 4.78 is 32.0. The average Bonchev–Trinajstić information content (AvgIpc) is 2.35. The van der Waals surface area contributed by atoms with E-state index in [-0.39, 0.29) is 10.2 Å². The Labute approximate surface area is 116 Å². The molecule has 19 heavy (non-hydrogen) atoms. The molecule has 0 fully saturated rings. The summed E-state index contributed by atoms with van der Waals surface area (Å²) in [6.45, 7) is 0. The molecule has 98 valence electrons. The van der Waals surface area contributed by atoms with Crippen LogP contribution in [0.1, 0.15) is 0 Å². The van der Waals surface area contributed by atoms with E-state index in [9.17, 15) is 13.6 Å². The van der Waals surface area contributed by atoms with Crippen LogP contribution in [0.4, 0.5) is 19.3 Å². The lowest BCUT2D eigenvalue weighted by atomic mass is 10.3. The van der Waals surface area contributed by atoms with Gasteiger partial charge in [0.05, 0.1) is 0 Å². The molecule has 1 N–H and O–H groups in total. The SMILES string of the molecule is O=C(Nc1c(F)cc(Br)cc1F)Oc1ccccc1. The summed E-state index contributed by atoms with van der Waals surface area (Å²) in [6, 6.07) is 10.3. The van der Waals surface area contributed by atoms with E-state index in [1.54, 1.807) is 30.3 Å². The van der Waals surface area contributed by atoms with Crippen molar-refractivity contribution in [3.8, 4) is 5.75 Å². The summed E-state index contributed by atoms with van der Waals surface area (Å²) in [5.41, 5.74) is -0.552. The quantitative estimate of drug-likeness (QED) is 0.891. The fourth-order valence-electron chi connectivity index (χ4n) is 1.38. The van der Waals surface area contributed by atoms with Crippen molar-refractivity contribution in [2.24, 2.45) is 0 Å². The van der Waals surface area contributed by atoms with Gasteiger partial charge in [0, 0.05) is 4.47 Å². The Morgan fingerprint density at radius 2 is 1.68 bits per heavy atom. The van der Waals surface area contributed by atoms with E-state index in [0.29, 0.717) is 0 Å². The number of nitrogens with one attached hydrogen (secondary N) is 1. The molecule has 0 saturated heterocycles. The fourth-order valence-corrected chi connectivity index (χ4v) is 1.79. The van der Waals surface area contributed by atoms with E-state index in [1.807, 2.05) is 5.32 Å². The molecule has 6 heteroatoms. The molecule has 1 amide bonds. The molecular weight excluding hydrogens is 320 g/mol. The summed E-state index contributed by atoms with van der Waals surface area (Å²) in [7, 11) is 0. The Morgan fingerprint density at radius 1 is 1.11 bits per heavy atom. The number of anilines is 1. The number of ether oxygens (including phenoxy) is 1. The van der Waals surface area contributed by atoms with Crippen LogP contribution < -0.4 is 10.1 Å². The Kier molecular flexibility index (Phi) is 4.11. The predicted molar refractivity (Wildman–Crippen MR) is 70.1 cm³/mol. The minimum absolute atomic E-state index is 0.240. The molecule has 0 aliphatic heterocycles. The third-order valence-electron chi connectivity index (χ3n) is 2.19. The highest BCUT2D eigenvalue weighted by atomic mass is 79.9. The van der Waals surface area contributed by atoms with Crippen molar-refractivity contribution in [3.05, 3.63) is 58.6 Å². The molecule has 0 saturated carbocycles. The summed E-state index contributed by atoms with van der Waals surface area (Å²) in [5, 5.41) is 2.02. The van der Waals surface area contributed by atoms with Crippen LogP contribution >= 0.6 is 15.9 Å². The number of carbonyl (C=O) groups is 1. The van der Waals surface area contributed by atoms with Crippen LogP contribution in [0.25, 0.3) is 0 Å². The number of rotatable bonds is 2. The third-order valence-corrected chi connectivity index (χ3v) is 2.65. The fraction of sp³-hybridized carbons (Fsp3) is 0. The molecule has 0 unspecified atom stereocenters. The zero-order valence-corrected chi connectivity index (χ0v) is 11.1. The van der Waals surface area contributed by atoms with Gasteiger partial charge in [-0.3, -0.25) is 5.32 Å². The lowest BCUT2D eigenvalue weighted by Crippen LogP contribution is -2.18. The van der Waals surface area contributed by atoms with E-state index >= 15 is 0 Å². The number of para-hydroxylation sites is 1. The lowest BCUT2D eigenvalue weighted by Gasteiger charge is -2.08. The van der Waals surface area contributed by atoms with Crippen LogP contribution in [0, 0.1) is 11.6 Å². The summed E-state index contributed by atoms with van der Waals surface area (Å²) in [4.78, 5) is 11.5. The third kappa shape index (κ3) is 3.51. The summed E-state index contributed by atoms with van der Waals surface area (Å²) >= 11 is 2.94. The van der Waals surface area contributed by atoms with Gasteiger partial charge in [0.2, 0.25) is 0 Å². The van der Waals surface area contributed by atoms with Gasteiger partial charge >= 0.3 is 6.09 Å². The second-order valence-electron chi connectivity index (χ2n) is 3.57. The van der Waals surface area contributed by atoms with Crippen molar-refractivity contribution >= 4 is 27.7 Å². The Balaban J connectivity index is 2.12. The van der Waals surface area contributed by atoms with E-state index < -0.39 is 23.4 Å². The standard InChI is InChI=1S/C13H8BrF2NO2/c14-8-6-10(15)12(11(16)7-8)17-13(18)19-9-4-2-1-3-5-9/h1-7H,(H,17,18). The Morgan fingerprint density at radius 3 is 2.26 bits per heavy atom. The maximum absolute atomic E-state index is 13.5. The molecule has 2 aromatic rings. The topological polar surface area (TPSA) is 38.3 Å². The number of halogens is 3. The van der Waals surface area contributed by atoms with Crippen molar-refractivity contribution in [3.63, 3.8) is 0 Å². The average molecular weight is 328 g/mol. The van der Waals surface area contributed by atoms with E-state index in [2.05, 4.69) is 15.9 Å². The smallest absolute Gasteiger partial charge is 0.410 e. The molecule has 0 aliphatic rings. The largest absolute Gasteiger partial charge is 0.417 e. The molecule has 0 bridgehead atoms. The maximum atomic E-state index is 13.5. The van der Waals surface area contributed by atoms with Gasteiger partial charge < -0.3 is 4.74 Å². The van der Waals surface area contributed by atoms with Crippen molar-refractivity contribution in [1.82, 2.24) is 0 Å². The predicted octanol–water partition coefficient (Wildman–Crippen LogP) is 4.34. The second-order valence-corrected chi connectivity index (χ2v) is 4.49. The molecular formula is C13H8BrF2NO2.